The zero-order valence-electron chi connectivity index (χ0n) is 13.4. The number of nitrogens with zero attached hydrogens (tertiary/aromatic N) is 3. The SMILES string of the molecule is COCCN1C[C@@H](CNC(=O)c2ccnn2C(C)C)CC1=O. The van der Waals surface area contributed by atoms with Crippen molar-refractivity contribution >= 4 is 11.8 Å². The number of ether oxygens (including phenoxy) is 1. The molecule has 0 saturated carbocycles. The summed E-state index contributed by atoms with van der Waals surface area (Å²) in [6, 6.07) is 1.84. The predicted molar refractivity (Wildman–Crippen MR) is 81.5 cm³/mol. The third-order valence-electron chi connectivity index (χ3n) is 3.80. The van der Waals surface area contributed by atoms with E-state index in [1.54, 1.807) is 29.0 Å². The summed E-state index contributed by atoms with van der Waals surface area (Å²) in [5, 5.41) is 7.06. The van der Waals surface area contributed by atoms with Crippen LogP contribution in [0.25, 0.3) is 0 Å². The maximum absolute atomic E-state index is 12.2. The largest absolute Gasteiger partial charge is 0.383 e. The Labute approximate surface area is 130 Å². The van der Waals surface area contributed by atoms with Crippen molar-refractivity contribution in [2.75, 3.05) is 33.4 Å². The zero-order chi connectivity index (χ0) is 16.1. The first kappa shape index (κ1) is 16.5. The zero-order valence-corrected chi connectivity index (χ0v) is 13.4. The lowest BCUT2D eigenvalue weighted by molar-refractivity contribution is -0.128. The number of carbonyl (C=O) groups is 2. The maximum Gasteiger partial charge on any atom is 0.269 e. The molecule has 1 atom stereocenters. The smallest absolute Gasteiger partial charge is 0.269 e. The minimum absolute atomic E-state index is 0.128. The molecule has 1 fully saturated rings. The average molecular weight is 308 g/mol. The first-order valence-corrected chi connectivity index (χ1v) is 7.61. The molecule has 0 spiro atoms. The van der Waals surface area contributed by atoms with Crippen LogP contribution in [0.4, 0.5) is 0 Å². The van der Waals surface area contributed by atoms with Crippen LogP contribution in [0.5, 0.6) is 0 Å². The Hall–Kier alpha value is -1.89. The topological polar surface area (TPSA) is 76.5 Å². The van der Waals surface area contributed by atoms with E-state index in [0.717, 1.165) is 0 Å². The van der Waals surface area contributed by atoms with Gasteiger partial charge in [-0.3, -0.25) is 14.3 Å². The highest BCUT2D eigenvalue weighted by Crippen LogP contribution is 2.17. The highest BCUT2D eigenvalue weighted by Gasteiger charge is 2.29. The molecule has 0 aromatic carbocycles. The van der Waals surface area contributed by atoms with Gasteiger partial charge in [0.2, 0.25) is 5.91 Å². The van der Waals surface area contributed by atoms with Crippen LogP contribution in [0.1, 0.15) is 36.8 Å². The Morgan fingerprint density at radius 2 is 2.32 bits per heavy atom. The number of likely N-dealkylation sites (tertiary alicyclic amines) is 1. The van der Waals surface area contributed by atoms with E-state index < -0.39 is 0 Å². The fraction of sp³-hybridized carbons (Fsp3) is 0.667. The van der Waals surface area contributed by atoms with Crippen molar-refractivity contribution in [1.29, 1.82) is 0 Å². The molecule has 7 heteroatoms. The second-order valence-corrected chi connectivity index (χ2v) is 5.87. The van der Waals surface area contributed by atoms with Gasteiger partial charge in [0.25, 0.3) is 5.91 Å². The molecule has 2 amide bonds. The van der Waals surface area contributed by atoms with Gasteiger partial charge < -0.3 is 15.0 Å². The first-order valence-electron chi connectivity index (χ1n) is 7.61. The molecule has 2 rings (SSSR count). The molecule has 0 aliphatic carbocycles. The number of amides is 2. The number of hydrogen-bond donors (Lipinski definition) is 1. The lowest BCUT2D eigenvalue weighted by atomic mass is 10.1. The van der Waals surface area contributed by atoms with Gasteiger partial charge in [0, 0.05) is 51.3 Å². The molecule has 2 heterocycles. The monoisotopic (exact) mass is 308 g/mol. The number of hydrogen-bond acceptors (Lipinski definition) is 4. The molecule has 0 unspecified atom stereocenters. The van der Waals surface area contributed by atoms with Crippen LogP contribution in [0.2, 0.25) is 0 Å². The minimum Gasteiger partial charge on any atom is -0.383 e. The van der Waals surface area contributed by atoms with E-state index in [-0.39, 0.29) is 23.8 Å². The highest BCUT2D eigenvalue weighted by molar-refractivity contribution is 5.92. The lowest BCUT2D eigenvalue weighted by Crippen LogP contribution is -2.33. The van der Waals surface area contributed by atoms with Crippen molar-refractivity contribution in [3.8, 4) is 0 Å². The maximum atomic E-state index is 12.2. The van der Waals surface area contributed by atoms with Crippen LogP contribution in [-0.4, -0.2) is 59.8 Å². The normalized spacial score (nSPS) is 18.3. The molecule has 1 saturated heterocycles. The summed E-state index contributed by atoms with van der Waals surface area (Å²) in [4.78, 5) is 25.9. The van der Waals surface area contributed by atoms with Crippen LogP contribution in [-0.2, 0) is 9.53 Å². The minimum atomic E-state index is -0.144. The van der Waals surface area contributed by atoms with Crippen molar-refractivity contribution in [3.05, 3.63) is 18.0 Å². The summed E-state index contributed by atoms with van der Waals surface area (Å²) in [6.45, 7) is 6.28. The quantitative estimate of drug-likeness (QED) is 0.804. The second-order valence-electron chi connectivity index (χ2n) is 5.87. The van der Waals surface area contributed by atoms with Gasteiger partial charge in [0.15, 0.2) is 0 Å². The van der Waals surface area contributed by atoms with Crippen LogP contribution in [0.3, 0.4) is 0 Å². The van der Waals surface area contributed by atoms with Gasteiger partial charge in [-0.1, -0.05) is 0 Å². The third-order valence-corrected chi connectivity index (χ3v) is 3.80. The molecule has 122 valence electrons. The Balaban J connectivity index is 1.84. The Morgan fingerprint density at radius 1 is 1.55 bits per heavy atom. The van der Waals surface area contributed by atoms with Gasteiger partial charge in [-0.05, 0) is 19.9 Å². The molecule has 1 aliphatic heterocycles. The van der Waals surface area contributed by atoms with Gasteiger partial charge in [-0.25, -0.2) is 0 Å². The van der Waals surface area contributed by atoms with Crippen LogP contribution in [0.15, 0.2) is 12.3 Å². The Morgan fingerprint density at radius 3 is 3.00 bits per heavy atom. The van der Waals surface area contributed by atoms with E-state index in [2.05, 4.69) is 10.4 Å². The number of methoxy groups -OCH3 is 1. The van der Waals surface area contributed by atoms with Crippen molar-refractivity contribution in [2.24, 2.45) is 5.92 Å². The molecule has 0 radical (unpaired) electrons. The van der Waals surface area contributed by atoms with E-state index in [9.17, 15) is 9.59 Å². The number of rotatable bonds is 7. The van der Waals surface area contributed by atoms with Crippen LogP contribution < -0.4 is 5.32 Å². The van der Waals surface area contributed by atoms with E-state index in [1.807, 2.05) is 13.8 Å². The van der Waals surface area contributed by atoms with E-state index in [0.29, 0.717) is 38.4 Å². The molecule has 7 nitrogen and oxygen atoms in total. The lowest BCUT2D eigenvalue weighted by Gasteiger charge is -2.16. The highest BCUT2D eigenvalue weighted by atomic mass is 16.5. The van der Waals surface area contributed by atoms with E-state index >= 15 is 0 Å². The molecular formula is C15H24N4O3. The van der Waals surface area contributed by atoms with Crippen molar-refractivity contribution in [1.82, 2.24) is 20.0 Å². The average Bonchev–Trinajstić information content (AvgIpc) is 3.09. The molecular weight excluding hydrogens is 284 g/mol. The second kappa shape index (κ2) is 7.40. The first-order chi connectivity index (χ1) is 10.5. The Kier molecular flexibility index (Phi) is 5.54. The Bertz CT molecular complexity index is 527. The van der Waals surface area contributed by atoms with E-state index in [1.165, 1.54) is 0 Å². The molecule has 22 heavy (non-hydrogen) atoms. The van der Waals surface area contributed by atoms with Crippen LogP contribution in [0, 0.1) is 5.92 Å². The molecule has 1 aromatic heterocycles. The molecule has 1 aromatic rings. The van der Waals surface area contributed by atoms with Gasteiger partial charge in [0.1, 0.15) is 5.69 Å². The third kappa shape index (κ3) is 3.85. The number of carbonyl (C=O) groups excluding carboxylic acids is 2. The molecule has 1 N–H and O–H groups in total. The van der Waals surface area contributed by atoms with Gasteiger partial charge in [-0.15, -0.1) is 0 Å². The number of aromatic nitrogens is 2. The molecule has 1 aliphatic rings. The van der Waals surface area contributed by atoms with Crippen molar-refractivity contribution in [2.45, 2.75) is 26.3 Å². The van der Waals surface area contributed by atoms with Gasteiger partial charge in [0.05, 0.1) is 6.61 Å². The van der Waals surface area contributed by atoms with E-state index in [4.69, 9.17) is 4.74 Å². The summed E-state index contributed by atoms with van der Waals surface area (Å²) in [6.07, 6.45) is 2.11. The van der Waals surface area contributed by atoms with Crippen molar-refractivity contribution < 1.29 is 14.3 Å². The summed E-state index contributed by atoms with van der Waals surface area (Å²) >= 11 is 0. The standard InChI is InChI=1S/C15H24N4O3/c1-11(2)19-13(4-5-17-19)15(21)16-9-12-8-14(20)18(10-12)6-7-22-3/h4-5,11-12H,6-10H2,1-3H3,(H,16,21)/t12-/m1/s1. The number of nitrogens with one attached hydrogen (secondary N) is 1. The summed E-state index contributed by atoms with van der Waals surface area (Å²) in [5.74, 6) is 0.140. The summed E-state index contributed by atoms with van der Waals surface area (Å²) in [7, 11) is 1.62. The fourth-order valence-corrected chi connectivity index (χ4v) is 2.64. The summed E-state index contributed by atoms with van der Waals surface area (Å²) in [5.41, 5.74) is 0.551. The molecule has 0 bridgehead atoms. The van der Waals surface area contributed by atoms with Crippen molar-refractivity contribution in [3.63, 3.8) is 0 Å². The predicted octanol–water partition coefficient (Wildman–Crippen LogP) is 0.689. The summed E-state index contributed by atoms with van der Waals surface area (Å²) < 4.78 is 6.69. The fourth-order valence-electron chi connectivity index (χ4n) is 2.64. The van der Waals surface area contributed by atoms with Gasteiger partial charge >= 0.3 is 0 Å². The van der Waals surface area contributed by atoms with Gasteiger partial charge in [-0.2, -0.15) is 5.10 Å². The van der Waals surface area contributed by atoms with Crippen LogP contribution >= 0.6 is 0 Å².